The zero-order chi connectivity index (χ0) is 13.3. The maximum atomic E-state index is 13.5. The number of carbonyl (C=O) groups excluding carboxylic acids is 1. The van der Waals surface area contributed by atoms with Crippen molar-refractivity contribution in [3.05, 3.63) is 0 Å². The summed E-state index contributed by atoms with van der Waals surface area (Å²) in [5.74, 6) is -2.82. The van der Waals surface area contributed by atoms with Gasteiger partial charge in [0.2, 0.25) is 0 Å². The Balaban J connectivity index is 2.48. The average molecular weight is 250 g/mol. The number of hydrogen-bond donors (Lipinski definition) is 2. The Labute approximate surface area is 100 Å². The zero-order valence-corrected chi connectivity index (χ0v) is 10.7. The molecule has 1 amide bonds. The van der Waals surface area contributed by atoms with Crippen LogP contribution >= 0.6 is 0 Å². The van der Waals surface area contributed by atoms with Gasteiger partial charge in [-0.25, -0.2) is 13.6 Å². The van der Waals surface area contributed by atoms with Crippen LogP contribution in [0.1, 0.15) is 27.7 Å². The van der Waals surface area contributed by atoms with E-state index in [1.54, 1.807) is 20.8 Å². The molecule has 0 aromatic rings. The molecule has 100 valence electrons. The van der Waals surface area contributed by atoms with Gasteiger partial charge in [-0.1, -0.05) is 6.92 Å². The lowest BCUT2D eigenvalue weighted by atomic mass is 9.86. The predicted octanol–water partition coefficient (Wildman–Crippen LogP) is 1.76. The molecule has 0 spiro atoms. The average Bonchev–Trinajstić information content (AvgIpc) is 2.36. The molecule has 0 saturated carbocycles. The van der Waals surface area contributed by atoms with Gasteiger partial charge in [0.25, 0.3) is 5.92 Å². The third kappa shape index (κ3) is 3.52. The molecule has 1 heterocycles. The van der Waals surface area contributed by atoms with E-state index in [9.17, 15) is 13.6 Å². The summed E-state index contributed by atoms with van der Waals surface area (Å²) in [4.78, 5) is 11.4. The topological polar surface area (TPSA) is 50.4 Å². The predicted molar refractivity (Wildman–Crippen MR) is 60.2 cm³/mol. The molecule has 17 heavy (non-hydrogen) atoms. The van der Waals surface area contributed by atoms with Crippen LogP contribution in [0.15, 0.2) is 0 Å². The van der Waals surface area contributed by atoms with Crippen LogP contribution in [-0.2, 0) is 4.74 Å². The van der Waals surface area contributed by atoms with E-state index in [-0.39, 0.29) is 19.6 Å². The molecule has 1 saturated heterocycles. The van der Waals surface area contributed by atoms with Gasteiger partial charge >= 0.3 is 6.09 Å². The van der Waals surface area contributed by atoms with Crippen LogP contribution in [0.25, 0.3) is 0 Å². The molecule has 6 heteroatoms. The number of alkyl halides is 2. The fourth-order valence-corrected chi connectivity index (χ4v) is 1.61. The highest BCUT2D eigenvalue weighted by atomic mass is 19.3. The van der Waals surface area contributed by atoms with Crippen LogP contribution in [0.4, 0.5) is 13.6 Å². The molecule has 0 aliphatic carbocycles. The SMILES string of the molecule is CC(C)(C)OC(=O)NCC1(C)CNCC1(F)F. The largest absolute Gasteiger partial charge is 0.444 e. The highest BCUT2D eigenvalue weighted by molar-refractivity contribution is 5.67. The summed E-state index contributed by atoms with van der Waals surface area (Å²) < 4.78 is 32.0. The molecule has 1 fully saturated rings. The minimum Gasteiger partial charge on any atom is -0.444 e. The van der Waals surface area contributed by atoms with Crippen molar-refractivity contribution in [1.82, 2.24) is 10.6 Å². The summed E-state index contributed by atoms with van der Waals surface area (Å²) in [5.41, 5.74) is -1.88. The molecule has 0 bridgehead atoms. The van der Waals surface area contributed by atoms with Crippen LogP contribution in [0.2, 0.25) is 0 Å². The summed E-state index contributed by atoms with van der Waals surface area (Å²) in [6.07, 6.45) is -0.665. The second-order valence-corrected chi connectivity index (χ2v) is 5.72. The van der Waals surface area contributed by atoms with Crippen molar-refractivity contribution in [1.29, 1.82) is 0 Å². The first-order chi connectivity index (χ1) is 7.56. The van der Waals surface area contributed by atoms with E-state index in [1.165, 1.54) is 6.92 Å². The normalized spacial score (nSPS) is 27.9. The molecule has 1 aliphatic heterocycles. The fraction of sp³-hybridized carbons (Fsp3) is 0.909. The lowest BCUT2D eigenvalue weighted by Gasteiger charge is -2.30. The molecule has 0 aromatic carbocycles. The summed E-state index contributed by atoms with van der Waals surface area (Å²) in [6.45, 7) is 6.33. The van der Waals surface area contributed by atoms with Crippen molar-refractivity contribution in [3.8, 4) is 0 Å². The number of halogens is 2. The van der Waals surface area contributed by atoms with Gasteiger partial charge in [0.05, 0.1) is 12.0 Å². The highest BCUT2D eigenvalue weighted by Gasteiger charge is 2.54. The second kappa shape index (κ2) is 4.40. The van der Waals surface area contributed by atoms with Crippen molar-refractivity contribution in [2.45, 2.75) is 39.2 Å². The molecular formula is C11H20F2N2O2. The van der Waals surface area contributed by atoms with Crippen LogP contribution < -0.4 is 10.6 Å². The molecule has 1 atom stereocenters. The number of nitrogens with one attached hydrogen (secondary N) is 2. The molecule has 1 unspecified atom stereocenters. The molecule has 0 aromatic heterocycles. The van der Waals surface area contributed by atoms with Crippen LogP contribution in [0.5, 0.6) is 0 Å². The lowest BCUT2D eigenvalue weighted by Crippen LogP contribution is -2.47. The highest BCUT2D eigenvalue weighted by Crippen LogP contribution is 2.38. The first kappa shape index (κ1) is 14.2. The smallest absolute Gasteiger partial charge is 0.407 e. The van der Waals surface area contributed by atoms with Gasteiger partial charge in [-0.2, -0.15) is 0 Å². The number of alkyl carbamates (subject to hydrolysis) is 1. The van der Waals surface area contributed by atoms with E-state index in [1.807, 2.05) is 0 Å². The summed E-state index contributed by atoms with van der Waals surface area (Å²) >= 11 is 0. The summed E-state index contributed by atoms with van der Waals surface area (Å²) in [6, 6.07) is 0. The second-order valence-electron chi connectivity index (χ2n) is 5.72. The van der Waals surface area contributed by atoms with Crippen molar-refractivity contribution < 1.29 is 18.3 Å². The van der Waals surface area contributed by atoms with Gasteiger partial charge in [0.15, 0.2) is 0 Å². The van der Waals surface area contributed by atoms with Crippen molar-refractivity contribution in [3.63, 3.8) is 0 Å². The molecule has 4 nitrogen and oxygen atoms in total. The first-order valence-corrected chi connectivity index (χ1v) is 5.61. The van der Waals surface area contributed by atoms with E-state index in [0.29, 0.717) is 0 Å². The zero-order valence-electron chi connectivity index (χ0n) is 10.7. The monoisotopic (exact) mass is 250 g/mol. The number of hydrogen-bond acceptors (Lipinski definition) is 3. The fourth-order valence-electron chi connectivity index (χ4n) is 1.61. The van der Waals surface area contributed by atoms with E-state index in [2.05, 4.69) is 10.6 Å². The number of ether oxygens (including phenoxy) is 1. The molecule has 2 N–H and O–H groups in total. The molecule has 1 rings (SSSR count). The Morgan fingerprint density at radius 2 is 2.00 bits per heavy atom. The first-order valence-electron chi connectivity index (χ1n) is 5.61. The Morgan fingerprint density at radius 1 is 1.41 bits per heavy atom. The van der Waals surface area contributed by atoms with Gasteiger partial charge in [0.1, 0.15) is 5.60 Å². The third-order valence-corrected chi connectivity index (χ3v) is 2.77. The minimum atomic E-state index is -2.82. The van der Waals surface area contributed by atoms with E-state index in [4.69, 9.17) is 4.74 Å². The summed E-state index contributed by atoms with van der Waals surface area (Å²) in [5, 5.41) is 5.03. The Kier molecular flexibility index (Phi) is 3.66. The number of carbonyl (C=O) groups is 1. The summed E-state index contributed by atoms with van der Waals surface area (Å²) in [7, 11) is 0. The van der Waals surface area contributed by atoms with Gasteiger partial charge in [-0.3, -0.25) is 0 Å². The van der Waals surface area contributed by atoms with Gasteiger partial charge in [0, 0.05) is 13.1 Å². The molecule has 1 aliphatic rings. The quantitative estimate of drug-likeness (QED) is 0.785. The van der Waals surface area contributed by atoms with Crippen LogP contribution in [-0.4, -0.2) is 37.3 Å². The van der Waals surface area contributed by atoms with E-state index < -0.39 is 23.0 Å². The van der Waals surface area contributed by atoms with E-state index in [0.717, 1.165) is 0 Å². The van der Waals surface area contributed by atoms with Gasteiger partial charge in [-0.05, 0) is 20.8 Å². The standard InChI is InChI=1S/C11H20F2N2O2/c1-9(2,3)17-8(16)15-6-10(4)5-14-7-11(10,12)13/h14H,5-7H2,1-4H3,(H,15,16). The Bertz CT molecular complexity index is 302. The number of rotatable bonds is 2. The lowest BCUT2D eigenvalue weighted by molar-refractivity contribution is -0.0728. The minimum absolute atomic E-state index is 0.109. The molecular weight excluding hydrogens is 230 g/mol. The van der Waals surface area contributed by atoms with Crippen molar-refractivity contribution in [2.75, 3.05) is 19.6 Å². The van der Waals surface area contributed by atoms with Crippen LogP contribution in [0, 0.1) is 5.41 Å². The maximum Gasteiger partial charge on any atom is 0.407 e. The van der Waals surface area contributed by atoms with Crippen LogP contribution in [0.3, 0.4) is 0 Å². The van der Waals surface area contributed by atoms with Gasteiger partial charge < -0.3 is 15.4 Å². The van der Waals surface area contributed by atoms with Crippen molar-refractivity contribution >= 4 is 6.09 Å². The molecule has 0 radical (unpaired) electrons. The van der Waals surface area contributed by atoms with Gasteiger partial charge in [-0.15, -0.1) is 0 Å². The Morgan fingerprint density at radius 3 is 2.41 bits per heavy atom. The van der Waals surface area contributed by atoms with E-state index >= 15 is 0 Å². The number of amides is 1. The third-order valence-electron chi connectivity index (χ3n) is 2.77. The maximum absolute atomic E-state index is 13.5. The Hall–Kier alpha value is -0.910. The van der Waals surface area contributed by atoms with Crippen molar-refractivity contribution in [2.24, 2.45) is 5.41 Å².